The predicted octanol–water partition coefficient (Wildman–Crippen LogP) is 1.22. The van der Waals surface area contributed by atoms with Crippen LogP contribution in [0.25, 0.3) is 0 Å². The Morgan fingerprint density at radius 2 is 2.11 bits per heavy atom. The average Bonchev–Trinajstić information content (AvgIpc) is 2.96. The third kappa shape index (κ3) is 2.28. The summed E-state index contributed by atoms with van der Waals surface area (Å²) < 4.78 is 10.6. The molecule has 104 valence electrons. The van der Waals surface area contributed by atoms with Crippen LogP contribution >= 0.6 is 0 Å². The van der Waals surface area contributed by atoms with Crippen molar-refractivity contribution in [1.82, 2.24) is 9.80 Å². The number of hydrogen-bond acceptors (Lipinski definition) is 4. The van der Waals surface area contributed by atoms with Crippen molar-refractivity contribution < 1.29 is 13.9 Å². The molecule has 0 radical (unpaired) electrons. The molecule has 2 fully saturated rings. The minimum atomic E-state index is 0.0722. The van der Waals surface area contributed by atoms with Gasteiger partial charge in [0.15, 0.2) is 0 Å². The van der Waals surface area contributed by atoms with E-state index in [0.717, 1.165) is 45.7 Å². The minimum absolute atomic E-state index is 0.0722. The van der Waals surface area contributed by atoms with Crippen LogP contribution in [0.2, 0.25) is 0 Å². The molecular formula is C14H20N2O3. The van der Waals surface area contributed by atoms with Gasteiger partial charge in [0.1, 0.15) is 6.26 Å². The first-order valence-electron chi connectivity index (χ1n) is 6.82. The van der Waals surface area contributed by atoms with E-state index in [2.05, 4.69) is 11.9 Å². The number of hydrogen-bond donors (Lipinski definition) is 0. The van der Waals surface area contributed by atoms with Gasteiger partial charge in [-0.25, -0.2) is 0 Å². The lowest BCUT2D eigenvalue weighted by Crippen LogP contribution is -2.60. The lowest BCUT2D eigenvalue weighted by molar-refractivity contribution is -0.0796. The summed E-state index contributed by atoms with van der Waals surface area (Å²) >= 11 is 0. The smallest absolute Gasteiger partial charge is 0.257 e. The fraction of sp³-hybridized carbons (Fsp3) is 0.643. The van der Waals surface area contributed by atoms with Crippen molar-refractivity contribution in [2.75, 3.05) is 39.9 Å². The average molecular weight is 264 g/mol. The Morgan fingerprint density at radius 1 is 1.32 bits per heavy atom. The molecule has 2 aliphatic heterocycles. The predicted molar refractivity (Wildman–Crippen MR) is 70.0 cm³/mol. The molecule has 19 heavy (non-hydrogen) atoms. The van der Waals surface area contributed by atoms with Crippen LogP contribution in [0.3, 0.4) is 0 Å². The van der Waals surface area contributed by atoms with Crippen molar-refractivity contribution >= 4 is 5.91 Å². The van der Waals surface area contributed by atoms with Gasteiger partial charge in [-0.2, -0.15) is 0 Å². The van der Waals surface area contributed by atoms with E-state index in [1.807, 2.05) is 4.90 Å². The van der Waals surface area contributed by atoms with E-state index in [4.69, 9.17) is 9.15 Å². The number of carbonyl (C=O) groups excluding carboxylic acids is 1. The number of piperidine rings is 1. The highest BCUT2D eigenvalue weighted by atomic mass is 16.5. The van der Waals surface area contributed by atoms with Crippen LogP contribution in [0, 0.1) is 0 Å². The van der Waals surface area contributed by atoms with E-state index >= 15 is 0 Å². The Kier molecular flexibility index (Phi) is 3.33. The molecule has 5 nitrogen and oxygen atoms in total. The highest BCUT2D eigenvalue weighted by Crippen LogP contribution is 2.31. The Morgan fingerprint density at radius 3 is 2.74 bits per heavy atom. The van der Waals surface area contributed by atoms with E-state index < -0.39 is 0 Å². The number of morpholine rings is 1. The van der Waals surface area contributed by atoms with Crippen LogP contribution in [0.4, 0.5) is 0 Å². The van der Waals surface area contributed by atoms with Crippen LogP contribution < -0.4 is 0 Å². The van der Waals surface area contributed by atoms with Gasteiger partial charge < -0.3 is 14.1 Å². The van der Waals surface area contributed by atoms with Gasteiger partial charge in [-0.1, -0.05) is 0 Å². The number of rotatable bonds is 1. The highest BCUT2D eigenvalue weighted by Gasteiger charge is 2.41. The summed E-state index contributed by atoms with van der Waals surface area (Å²) in [6, 6.07) is 1.72. The van der Waals surface area contributed by atoms with Crippen molar-refractivity contribution in [3.05, 3.63) is 24.2 Å². The lowest BCUT2D eigenvalue weighted by atomic mass is 9.85. The van der Waals surface area contributed by atoms with Gasteiger partial charge in [0.05, 0.1) is 25.0 Å². The quantitative estimate of drug-likeness (QED) is 0.765. The summed E-state index contributed by atoms with van der Waals surface area (Å²) in [6.07, 6.45) is 5.02. The minimum Gasteiger partial charge on any atom is -0.472 e. The van der Waals surface area contributed by atoms with Gasteiger partial charge in [-0.05, 0) is 26.0 Å². The maximum Gasteiger partial charge on any atom is 0.257 e. The molecule has 0 unspecified atom stereocenters. The van der Waals surface area contributed by atoms with Crippen LogP contribution in [0.5, 0.6) is 0 Å². The second kappa shape index (κ2) is 4.98. The number of furan rings is 1. The molecule has 2 aliphatic rings. The summed E-state index contributed by atoms with van der Waals surface area (Å²) in [6.45, 7) is 4.16. The van der Waals surface area contributed by atoms with Gasteiger partial charge in [-0.15, -0.1) is 0 Å². The third-order valence-electron chi connectivity index (χ3n) is 4.50. The molecule has 0 saturated carbocycles. The van der Waals surface area contributed by atoms with Crippen molar-refractivity contribution in [2.45, 2.75) is 18.4 Å². The van der Waals surface area contributed by atoms with Gasteiger partial charge in [0, 0.05) is 25.2 Å². The number of likely N-dealkylation sites (N-methyl/N-ethyl adjacent to an activating group) is 1. The molecule has 5 heteroatoms. The van der Waals surface area contributed by atoms with Crippen molar-refractivity contribution in [3.8, 4) is 0 Å². The van der Waals surface area contributed by atoms with E-state index in [1.54, 1.807) is 12.3 Å². The van der Waals surface area contributed by atoms with E-state index in [1.165, 1.54) is 6.26 Å². The monoisotopic (exact) mass is 264 g/mol. The van der Waals surface area contributed by atoms with Gasteiger partial charge in [0.25, 0.3) is 5.91 Å². The second-order valence-electron chi connectivity index (χ2n) is 5.50. The summed E-state index contributed by atoms with van der Waals surface area (Å²) in [7, 11) is 2.16. The van der Waals surface area contributed by atoms with E-state index in [9.17, 15) is 4.79 Å². The highest BCUT2D eigenvalue weighted by molar-refractivity contribution is 5.93. The van der Waals surface area contributed by atoms with Crippen LogP contribution in [0.15, 0.2) is 23.0 Å². The maximum absolute atomic E-state index is 12.2. The number of carbonyl (C=O) groups is 1. The lowest BCUT2D eigenvalue weighted by Gasteiger charge is -2.49. The molecule has 2 saturated heterocycles. The Bertz CT molecular complexity index is 436. The molecule has 1 aromatic heterocycles. The number of amides is 1. The van der Waals surface area contributed by atoms with Crippen molar-refractivity contribution in [1.29, 1.82) is 0 Å². The molecular weight excluding hydrogens is 244 g/mol. The Balaban J connectivity index is 1.64. The first-order valence-corrected chi connectivity index (χ1v) is 6.82. The summed E-state index contributed by atoms with van der Waals surface area (Å²) in [5.41, 5.74) is 0.773. The molecule has 0 aromatic carbocycles. The van der Waals surface area contributed by atoms with Crippen LogP contribution in [0.1, 0.15) is 23.2 Å². The molecule has 0 aliphatic carbocycles. The standard InChI is InChI=1S/C14H20N2O3/c1-15-7-9-19-11-14(15)3-5-16(6-4-14)13(17)12-2-8-18-10-12/h2,8,10H,3-7,9,11H2,1H3. The zero-order chi connectivity index (χ0) is 13.3. The zero-order valence-corrected chi connectivity index (χ0v) is 11.3. The summed E-state index contributed by atoms with van der Waals surface area (Å²) in [5.74, 6) is 0.0722. The normalized spacial score (nSPS) is 23.7. The molecule has 0 N–H and O–H groups in total. The van der Waals surface area contributed by atoms with Gasteiger partial charge in [-0.3, -0.25) is 9.69 Å². The fourth-order valence-corrected chi connectivity index (χ4v) is 3.03. The van der Waals surface area contributed by atoms with Gasteiger partial charge in [0.2, 0.25) is 0 Å². The topological polar surface area (TPSA) is 45.9 Å². The molecule has 0 bridgehead atoms. The third-order valence-corrected chi connectivity index (χ3v) is 4.50. The number of ether oxygens (including phenoxy) is 1. The van der Waals surface area contributed by atoms with Crippen LogP contribution in [-0.4, -0.2) is 61.1 Å². The van der Waals surface area contributed by atoms with Crippen LogP contribution in [-0.2, 0) is 4.74 Å². The van der Waals surface area contributed by atoms with E-state index in [-0.39, 0.29) is 11.4 Å². The molecule has 3 heterocycles. The van der Waals surface area contributed by atoms with Crippen molar-refractivity contribution in [2.24, 2.45) is 0 Å². The Hall–Kier alpha value is -1.33. The van der Waals surface area contributed by atoms with Crippen molar-refractivity contribution in [3.63, 3.8) is 0 Å². The first kappa shape index (κ1) is 12.7. The molecule has 1 spiro atoms. The largest absolute Gasteiger partial charge is 0.472 e. The maximum atomic E-state index is 12.2. The zero-order valence-electron chi connectivity index (χ0n) is 11.3. The van der Waals surface area contributed by atoms with E-state index in [0.29, 0.717) is 5.56 Å². The number of likely N-dealkylation sites (tertiary alicyclic amines) is 1. The molecule has 3 rings (SSSR count). The Labute approximate surface area is 113 Å². The first-order chi connectivity index (χ1) is 9.21. The summed E-state index contributed by atoms with van der Waals surface area (Å²) in [4.78, 5) is 16.5. The SMILES string of the molecule is CN1CCOCC12CCN(C(=O)c1ccoc1)CC2. The molecule has 0 atom stereocenters. The second-order valence-corrected chi connectivity index (χ2v) is 5.50. The number of nitrogens with zero attached hydrogens (tertiary/aromatic N) is 2. The fourth-order valence-electron chi connectivity index (χ4n) is 3.03. The molecule has 1 aromatic rings. The molecule has 1 amide bonds. The summed E-state index contributed by atoms with van der Waals surface area (Å²) in [5, 5.41) is 0. The van der Waals surface area contributed by atoms with Gasteiger partial charge >= 0.3 is 0 Å².